The van der Waals surface area contributed by atoms with Crippen LogP contribution in [0.25, 0.3) is 0 Å². The summed E-state index contributed by atoms with van der Waals surface area (Å²) in [5, 5.41) is 8.64. The Balaban J connectivity index is 2.58. The van der Waals surface area contributed by atoms with Gasteiger partial charge < -0.3 is 9.84 Å². The molecular weight excluding hydrogens is 191 g/mol. The molecule has 1 heterocycles. The maximum absolute atomic E-state index is 10.5. The van der Waals surface area contributed by atoms with Gasteiger partial charge in [-0.3, -0.25) is 4.79 Å². The summed E-state index contributed by atoms with van der Waals surface area (Å²) in [6, 6.07) is 0. The zero-order valence-corrected chi connectivity index (χ0v) is 7.18. The van der Waals surface area contributed by atoms with Crippen molar-refractivity contribution in [2.75, 3.05) is 6.61 Å². The number of alkyl halides is 2. The average Bonchev–Trinajstić information content (AvgIpc) is 2.32. The highest BCUT2D eigenvalue weighted by Crippen LogP contribution is 2.28. The molecule has 0 aromatic rings. The van der Waals surface area contributed by atoms with Gasteiger partial charge >= 0.3 is 5.97 Å². The fourth-order valence-electron chi connectivity index (χ4n) is 1.12. The first-order valence-corrected chi connectivity index (χ1v) is 4.13. The largest absolute Gasteiger partial charge is 0.481 e. The molecule has 1 aliphatic rings. The van der Waals surface area contributed by atoms with Crippen LogP contribution in [0.2, 0.25) is 0 Å². The van der Waals surface area contributed by atoms with Gasteiger partial charge in [0.1, 0.15) is 10.9 Å². The number of ether oxygens (including phenoxy) is 1. The molecule has 3 nitrogen and oxygen atoms in total. The van der Waals surface area contributed by atoms with Crippen molar-refractivity contribution in [2.45, 2.75) is 17.4 Å². The summed E-state index contributed by atoms with van der Waals surface area (Å²) in [5.74, 6) is -1.44. The van der Waals surface area contributed by atoms with E-state index in [2.05, 4.69) is 0 Å². The minimum atomic E-state index is -0.890. The number of aliphatic carboxylic acids is 1. The number of carboxylic acid groups (broad SMARTS) is 1. The predicted octanol–water partition coefficient (Wildman–Crippen LogP) is 1.28. The molecule has 11 heavy (non-hydrogen) atoms. The number of rotatable bonds is 2. The highest BCUT2D eigenvalue weighted by Gasteiger charge is 2.37. The average molecular weight is 199 g/mol. The molecule has 0 saturated carbocycles. The van der Waals surface area contributed by atoms with Crippen molar-refractivity contribution < 1.29 is 14.6 Å². The normalized spacial score (nSPS) is 31.2. The molecule has 1 N–H and O–H groups in total. The summed E-state index contributed by atoms with van der Waals surface area (Å²) >= 11 is 11.0. The first kappa shape index (κ1) is 9.10. The molecule has 1 rings (SSSR count). The molecule has 1 saturated heterocycles. The van der Waals surface area contributed by atoms with E-state index in [-0.39, 0.29) is 0 Å². The lowest BCUT2D eigenvalue weighted by molar-refractivity contribution is -0.143. The van der Waals surface area contributed by atoms with Crippen molar-refractivity contribution in [3.05, 3.63) is 0 Å². The van der Waals surface area contributed by atoms with Gasteiger partial charge in [-0.1, -0.05) is 0 Å². The van der Waals surface area contributed by atoms with Crippen molar-refractivity contribution in [1.29, 1.82) is 0 Å². The summed E-state index contributed by atoms with van der Waals surface area (Å²) in [5.41, 5.74) is 0. The van der Waals surface area contributed by atoms with E-state index in [0.717, 1.165) is 0 Å². The van der Waals surface area contributed by atoms with E-state index in [9.17, 15) is 4.79 Å². The summed E-state index contributed by atoms with van der Waals surface area (Å²) < 4.78 is 5.04. The SMILES string of the molecule is O=C(O)C1CCOC1C(Cl)Cl. The number of carboxylic acids is 1. The Morgan fingerprint density at radius 2 is 2.27 bits per heavy atom. The topological polar surface area (TPSA) is 46.5 Å². The maximum Gasteiger partial charge on any atom is 0.309 e. The van der Waals surface area contributed by atoms with Crippen LogP contribution in [0.5, 0.6) is 0 Å². The van der Waals surface area contributed by atoms with Crippen LogP contribution in [0.1, 0.15) is 6.42 Å². The van der Waals surface area contributed by atoms with Crippen molar-refractivity contribution in [3.8, 4) is 0 Å². The van der Waals surface area contributed by atoms with E-state index in [4.69, 9.17) is 33.0 Å². The van der Waals surface area contributed by atoms with E-state index in [1.807, 2.05) is 0 Å². The zero-order chi connectivity index (χ0) is 8.43. The number of halogens is 2. The molecule has 64 valence electrons. The van der Waals surface area contributed by atoms with Crippen LogP contribution in [0.3, 0.4) is 0 Å². The third-order valence-corrected chi connectivity index (χ3v) is 2.20. The molecule has 5 heteroatoms. The molecule has 0 amide bonds. The third kappa shape index (κ3) is 1.98. The Bertz CT molecular complexity index is 160. The lowest BCUT2D eigenvalue weighted by atomic mass is 10.0. The van der Waals surface area contributed by atoms with Crippen molar-refractivity contribution in [1.82, 2.24) is 0 Å². The van der Waals surface area contributed by atoms with Crippen LogP contribution in [0.4, 0.5) is 0 Å². The molecule has 1 fully saturated rings. The van der Waals surface area contributed by atoms with Crippen molar-refractivity contribution in [2.24, 2.45) is 5.92 Å². The lowest BCUT2D eigenvalue weighted by Crippen LogP contribution is -2.29. The van der Waals surface area contributed by atoms with Gasteiger partial charge in [-0.05, 0) is 6.42 Å². The minimum Gasteiger partial charge on any atom is -0.481 e. The lowest BCUT2D eigenvalue weighted by Gasteiger charge is -2.14. The molecule has 0 bridgehead atoms. The quantitative estimate of drug-likeness (QED) is 0.681. The zero-order valence-electron chi connectivity index (χ0n) is 5.67. The molecule has 0 aromatic heterocycles. The van der Waals surface area contributed by atoms with E-state index in [1.165, 1.54) is 0 Å². The molecule has 0 aliphatic carbocycles. The van der Waals surface area contributed by atoms with Gasteiger partial charge in [0.25, 0.3) is 0 Å². The fourth-order valence-corrected chi connectivity index (χ4v) is 1.62. The molecule has 0 spiro atoms. The molecule has 1 aliphatic heterocycles. The van der Waals surface area contributed by atoms with Crippen LogP contribution in [0, 0.1) is 5.92 Å². The van der Waals surface area contributed by atoms with Gasteiger partial charge in [-0.15, -0.1) is 23.2 Å². The van der Waals surface area contributed by atoms with Gasteiger partial charge in [-0.25, -0.2) is 0 Å². The second-order valence-corrected chi connectivity index (χ2v) is 3.57. The van der Waals surface area contributed by atoms with E-state index >= 15 is 0 Å². The van der Waals surface area contributed by atoms with Gasteiger partial charge in [0.15, 0.2) is 0 Å². The summed E-state index contributed by atoms with van der Waals surface area (Å²) in [6.07, 6.45) is -0.0496. The summed E-state index contributed by atoms with van der Waals surface area (Å²) in [7, 11) is 0. The molecule has 0 radical (unpaired) electrons. The van der Waals surface area contributed by atoms with Crippen LogP contribution >= 0.6 is 23.2 Å². The maximum atomic E-state index is 10.5. The Morgan fingerprint density at radius 1 is 1.64 bits per heavy atom. The Hall–Kier alpha value is 0.01000. The molecular formula is C6H8Cl2O3. The molecule has 2 unspecified atom stereocenters. The fraction of sp³-hybridized carbons (Fsp3) is 0.833. The summed E-state index contributed by atoms with van der Waals surface area (Å²) in [4.78, 5) is 9.77. The van der Waals surface area contributed by atoms with E-state index in [0.29, 0.717) is 13.0 Å². The second-order valence-electron chi connectivity index (χ2n) is 2.40. The van der Waals surface area contributed by atoms with Crippen molar-refractivity contribution >= 4 is 29.2 Å². The first-order valence-electron chi connectivity index (χ1n) is 3.25. The first-order chi connectivity index (χ1) is 5.13. The standard InChI is InChI=1S/C6H8Cl2O3/c7-5(8)4-3(6(9)10)1-2-11-4/h3-5H,1-2H2,(H,9,10). The third-order valence-electron chi connectivity index (χ3n) is 1.70. The minimum absolute atomic E-state index is 0.428. The number of carbonyl (C=O) groups is 1. The molecule has 0 aromatic carbocycles. The van der Waals surface area contributed by atoms with Crippen LogP contribution in [-0.2, 0) is 9.53 Å². The Morgan fingerprint density at radius 3 is 2.64 bits per heavy atom. The van der Waals surface area contributed by atoms with Gasteiger partial charge in [-0.2, -0.15) is 0 Å². The van der Waals surface area contributed by atoms with Crippen molar-refractivity contribution in [3.63, 3.8) is 0 Å². The predicted molar refractivity (Wildman–Crippen MR) is 41.0 cm³/mol. The highest BCUT2D eigenvalue weighted by molar-refractivity contribution is 6.44. The van der Waals surface area contributed by atoms with Crippen LogP contribution in [-0.4, -0.2) is 28.6 Å². The Kier molecular flexibility index (Phi) is 2.98. The second kappa shape index (κ2) is 3.61. The van der Waals surface area contributed by atoms with Gasteiger partial charge in [0, 0.05) is 6.61 Å². The van der Waals surface area contributed by atoms with E-state index in [1.54, 1.807) is 0 Å². The van der Waals surface area contributed by atoms with Crippen LogP contribution in [0.15, 0.2) is 0 Å². The summed E-state index contributed by atoms with van der Waals surface area (Å²) in [6.45, 7) is 0.428. The van der Waals surface area contributed by atoms with Crippen LogP contribution < -0.4 is 0 Å². The highest BCUT2D eigenvalue weighted by atomic mass is 35.5. The Labute approximate surface area is 74.2 Å². The van der Waals surface area contributed by atoms with Gasteiger partial charge in [0.05, 0.1) is 5.92 Å². The smallest absolute Gasteiger partial charge is 0.309 e. The van der Waals surface area contributed by atoms with E-state index < -0.39 is 22.8 Å². The number of hydrogen-bond donors (Lipinski definition) is 1. The van der Waals surface area contributed by atoms with Gasteiger partial charge in [0.2, 0.25) is 0 Å². The number of hydrogen-bond acceptors (Lipinski definition) is 2. The monoisotopic (exact) mass is 198 g/mol. The molecule has 2 atom stereocenters.